The molecule has 0 radical (unpaired) electrons. The Balaban J connectivity index is 2.38. The highest BCUT2D eigenvalue weighted by Crippen LogP contribution is 2.28. The topological polar surface area (TPSA) is 23.8 Å². The van der Waals surface area contributed by atoms with E-state index in [1.807, 2.05) is 36.4 Å². The van der Waals surface area contributed by atoms with Crippen LogP contribution in [0.5, 0.6) is 0 Å². The molecule has 1 heteroatoms. The number of nitrogens with zero attached hydrogens (tertiary/aromatic N) is 1. The van der Waals surface area contributed by atoms with Gasteiger partial charge in [-0.15, -0.1) is 0 Å². The molecule has 1 aliphatic rings. The Morgan fingerprint density at radius 1 is 1.21 bits per heavy atom. The van der Waals surface area contributed by atoms with E-state index in [9.17, 15) is 0 Å². The minimum atomic E-state index is 0.0161. The second-order valence-electron chi connectivity index (χ2n) is 3.33. The smallest absolute Gasteiger partial charge is 0.0753 e. The van der Waals surface area contributed by atoms with Gasteiger partial charge in [0.2, 0.25) is 0 Å². The zero-order valence-corrected chi connectivity index (χ0v) is 7.85. The molecule has 0 saturated heterocycles. The third kappa shape index (κ3) is 1.60. The van der Waals surface area contributed by atoms with Gasteiger partial charge in [-0.05, 0) is 17.6 Å². The van der Waals surface area contributed by atoms with Gasteiger partial charge in [0.25, 0.3) is 0 Å². The van der Waals surface area contributed by atoms with Crippen molar-refractivity contribution in [2.45, 2.75) is 6.42 Å². The summed E-state index contributed by atoms with van der Waals surface area (Å²) in [7, 11) is 0. The van der Waals surface area contributed by atoms with E-state index < -0.39 is 0 Å². The summed E-state index contributed by atoms with van der Waals surface area (Å²) in [6.45, 7) is 0. The molecule has 0 aliphatic heterocycles. The lowest BCUT2D eigenvalue weighted by molar-refractivity contribution is 0.859. The van der Waals surface area contributed by atoms with Gasteiger partial charge in [0, 0.05) is 0 Å². The summed E-state index contributed by atoms with van der Waals surface area (Å²) in [5, 5.41) is 9.00. The molecule has 0 fully saturated rings. The Labute approximate surface area is 84.0 Å². The van der Waals surface area contributed by atoms with Crippen LogP contribution in [0.3, 0.4) is 0 Å². The van der Waals surface area contributed by atoms with Gasteiger partial charge in [0.1, 0.15) is 0 Å². The molecule has 1 aromatic carbocycles. The molecule has 68 valence electrons. The van der Waals surface area contributed by atoms with Crippen LogP contribution < -0.4 is 0 Å². The lowest BCUT2D eigenvalue weighted by Crippen LogP contribution is -2.02. The zero-order valence-electron chi connectivity index (χ0n) is 7.85. The average molecular weight is 181 g/mol. The van der Waals surface area contributed by atoms with Crippen molar-refractivity contribution in [1.82, 2.24) is 0 Å². The van der Waals surface area contributed by atoms with E-state index in [1.54, 1.807) is 0 Å². The molecular weight excluding hydrogens is 170 g/mol. The Hall–Kier alpha value is -1.81. The second-order valence-corrected chi connectivity index (χ2v) is 3.33. The van der Waals surface area contributed by atoms with Crippen LogP contribution in [0.15, 0.2) is 48.6 Å². The molecule has 0 heterocycles. The molecule has 2 rings (SSSR count). The van der Waals surface area contributed by atoms with E-state index in [2.05, 4.69) is 18.2 Å². The standard InChI is InChI=1S/C13H11N/c14-10-12-8-4-5-9-13(12)11-6-2-1-3-7-11/h1-7,9,12H,8H2. The van der Waals surface area contributed by atoms with Gasteiger partial charge in [-0.25, -0.2) is 0 Å². The van der Waals surface area contributed by atoms with E-state index in [0.717, 1.165) is 17.6 Å². The summed E-state index contributed by atoms with van der Waals surface area (Å²) in [5.74, 6) is 0.0161. The van der Waals surface area contributed by atoms with Gasteiger partial charge in [0.05, 0.1) is 12.0 Å². The number of nitriles is 1. The van der Waals surface area contributed by atoms with Crippen molar-refractivity contribution in [3.63, 3.8) is 0 Å². The monoisotopic (exact) mass is 181 g/mol. The van der Waals surface area contributed by atoms with Gasteiger partial charge < -0.3 is 0 Å². The van der Waals surface area contributed by atoms with Crippen LogP contribution in [-0.2, 0) is 0 Å². The average Bonchev–Trinajstić information content (AvgIpc) is 2.30. The van der Waals surface area contributed by atoms with E-state index in [-0.39, 0.29) is 5.92 Å². The zero-order chi connectivity index (χ0) is 9.80. The number of hydrogen-bond acceptors (Lipinski definition) is 1. The number of hydrogen-bond donors (Lipinski definition) is 0. The van der Waals surface area contributed by atoms with Crippen molar-refractivity contribution in [2.24, 2.45) is 5.92 Å². The summed E-state index contributed by atoms with van der Waals surface area (Å²) in [5.41, 5.74) is 2.29. The van der Waals surface area contributed by atoms with Gasteiger partial charge >= 0.3 is 0 Å². The lowest BCUT2D eigenvalue weighted by Gasteiger charge is -2.14. The first-order chi connectivity index (χ1) is 6.92. The first-order valence-corrected chi connectivity index (χ1v) is 4.73. The SMILES string of the molecule is N#CC1CC=CC=C1c1ccccc1. The van der Waals surface area contributed by atoms with E-state index >= 15 is 0 Å². The van der Waals surface area contributed by atoms with Crippen molar-refractivity contribution in [2.75, 3.05) is 0 Å². The molecule has 0 amide bonds. The van der Waals surface area contributed by atoms with Crippen molar-refractivity contribution in [3.05, 3.63) is 54.1 Å². The first kappa shape index (κ1) is 8.77. The molecule has 1 unspecified atom stereocenters. The van der Waals surface area contributed by atoms with E-state index in [4.69, 9.17) is 5.26 Å². The predicted octanol–water partition coefficient (Wildman–Crippen LogP) is 3.17. The van der Waals surface area contributed by atoms with Crippen molar-refractivity contribution in [3.8, 4) is 6.07 Å². The fraction of sp³-hybridized carbons (Fsp3) is 0.154. The lowest BCUT2D eigenvalue weighted by atomic mass is 9.88. The molecule has 1 aliphatic carbocycles. The molecular formula is C13H11N. The van der Waals surface area contributed by atoms with Gasteiger partial charge in [-0.2, -0.15) is 5.26 Å². The highest BCUT2D eigenvalue weighted by atomic mass is 14.3. The summed E-state index contributed by atoms with van der Waals surface area (Å²) in [6.07, 6.45) is 6.93. The normalized spacial score (nSPS) is 19.9. The number of rotatable bonds is 1. The molecule has 0 spiro atoms. The number of allylic oxidation sites excluding steroid dienone is 4. The van der Waals surface area contributed by atoms with Crippen LogP contribution in [0.2, 0.25) is 0 Å². The summed E-state index contributed by atoms with van der Waals surface area (Å²) in [6, 6.07) is 12.4. The maximum Gasteiger partial charge on any atom is 0.0753 e. The third-order valence-corrected chi connectivity index (χ3v) is 2.42. The fourth-order valence-electron chi connectivity index (χ4n) is 1.68. The highest BCUT2D eigenvalue weighted by Gasteiger charge is 2.15. The van der Waals surface area contributed by atoms with Crippen molar-refractivity contribution >= 4 is 5.57 Å². The van der Waals surface area contributed by atoms with Crippen LogP contribution in [0.1, 0.15) is 12.0 Å². The van der Waals surface area contributed by atoms with E-state index in [0.29, 0.717) is 0 Å². The summed E-state index contributed by atoms with van der Waals surface area (Å²) < 4.78 is 0. The van der Waals surface area contributed by atoms with Crippen LogP contribution in [0.25, 0.3) is 5.57 Å². The first-order valence-electron chi connectivity index (χ1n) is 4.73. The molecule has 1 aromatic rings. The quantitative estimate of drug-likeness (QED) is 0.652. The number of benzene rings is 1. The largest absolute Gasteiger partial charge is 0.198 e. The maximum atomic E-state index is 9.00. The van der Waals surface area contributed by atoms with Crippen molar-refractivity contribution < 1.29 is 0 Å². The Morgan fingerprint density at radius 3 is 2.71 bits per heavy atom. The van der Waals surface area contributed by atoms with Gasteiger partial charge in [0.15, 0.2) is 0 Å². The Morgan fingerprint density at radius 2 is 2.00 bits per heavy atom. The summed E-state index contributed by atoms with van der Waals surface area (Å²) in [4.78, 5) is 0. The van der Waals surface area contributed by atoms with Crippen LogP contribution in [-0.4, -0.2) is 0 Å². The highest BCUT2D eigenvalue weighted by molar-refractivity contribution is 5.71. The van der Waals surface area contributed by atoms with Gasteiger partial charge in [-0.3, -0.25) is 0 Å². The molecule has 14 heavy (non-hydrogen) atoms. The van der Waals surface area contributed by atoms with E-state index in [1.165, 1.54) is 0 Å². The van der Waals surface area contributed by atoms with Crippen LogP contribution in [0.4, 0.5) is 0 Å². The summed E-state index contributed by atoms with van der Waals surface area (Å²) >= 11 is 0. The van der Waals surface area contributed by atoms with Gasteiger partial charge in [-0.1, -0.05) is 48.6 Å². The van der Waals surface area contributed by atoms with Crippen LogP contribution >= 0.6 is 0 Å². The molecule has 0 bridgehead atoms. The van der Waals surface area contributed by atoms with Crippen LogP contribution in [0, 0.1) is 17.2 Å². The minimum Gasteiger partial charge on any atom is -0.198 e. The molecule has 1 nitrogen and oxygen atoms in total. The maximum absolute atomic E-state index is 9.00. The predicted molar refractivity (Wildman–Crippen MR) is 57.3 cm³/mol. The van der Waals surface area contributed by atoms with Crippen molar-refractivity contribution in [1.29, 1.82) is 5.26 Å². The molecule has 1 atom stereocenters. The molecule has 0 aromatic heterocycles. The Bertz CT molecular complexity index is 407. The fourth-order valence-corrected chi connectivity index (χ4v) is 1.68. The molecule has 0 N–H and O–H groups in total. The second kappa shape index (κ2) is 3.93. The Kier molecular flexibility index (Phi) is 2.46. The molecule has 0 saturated carbocycles. The third-order valence-electron chi connectivity index (χ3n) is 2.42. The minimum absolute atomic E-state index is 0.0161.